The summed E-state index contributed by atoms with van der Waals surface area (Å²) < 4.78 is 0.623. The summed E-state index contributed by atoms with van der Waals surface area (Å²) >= 11 is 3.21. The Kier molecular flexibility index (Phi) is 2.28. The van der Waals surface area contributed by atoms with Gasteiger partial charge in [0.15, 0.2) is 0 Å². The van der Waals surface area contributed by atoms with Gasteiger partial charge in [-0.25, -0.2) is 4.79 Å². The monoisotopic (exact) mass is 268 g/mol. The van der Waals surface area contributed by atoms with E-state index in [1.54, 1.807) is 12.1 Å². The highest BCUT2D eigenvalue weighted by atomic mass is 79.9. The van der Waals surface area contributed by atoms with E-state index in [1.165, 1.54) is 6.07 Å². The lowest BCUT2D eigenvalue weighted by Gasteiger charge is -1.96. The highest BCUT2D eigenvalue weighted by Gasteiger charge is 2.19. The summed E-state index contributed by atoms with van der Waals surface area (Å²) in [5.74, 6) is -2.44. The van der Waals surface area contributed by atoms with Crippen LogP contribution in [0.2, 0.25) is 0 Å². The minimum absolute atomic E-state index is 0.0851. The molecular weight excluding hydrogens is 264 g/mol. The number of ketones is 1. The Hall–Kier alpha value is -1.69. The smallest absolute Gasteiger partial charge is 0.377 e. The number of halogens is 1. The van der Waals surface area contributed by atoms with Gasteiger partial charge in [0, 0.05) is 5.39 Å². The van der Waals surface area contributed by atoms with Crippen molar-refractivity contribution in [2.24, 2.45) is 0 Å². The average Bonchev–Trinajstić information content (AvgIpc) is 2.59. The topological polar surface area (TPSA) is 83.0 Å². The van der Waals surface area contributed by atoms with E-state index in [9.17, 15) is 9.59 Å². The van der Waals surface area contributed by atoms with Gasteiger partial charge in [0.05, 0.1) is 5.56 Å². The quantitative estimate of drug-likeness (QED) is 0.640. The molecule has 0 fully saturated rings. The average molecular weight is 269 g/mol. The highest BCUT2D eigenvalue weighted by molar-refractivity contribution is 9.10. The Bertz CT molecular complexity index is 561. The SMILES string of the molecule is O=C(O)C(=O)c1cccc2c(Br)[nH]nc12. The van der Waals surface area contributed by atoms with Crippen molar-refractivity contribution in [3.05, 3.63) is 28.4 Å². The van der Waals surface area contributed by atoms with E-state index in [1.807, 2.05) is 0 Å². The zero-order valence-corrected chi connectivity index (χ0v) is 8.91. The molecule has 0 aliphatic rings. The number of hydrogen-bond donors (Lipinski definition) is 2. The Morgan fingerprint density at radius 3 is 2.80 bits per heavy atom. The fourth-order valence-corrected chi connectivity index (χ4v) is 1.71. The van der Waals surface area contributed by atoms with Gasteiger partial charge in [0.25, 0.3) is 5.78 Å². The van der Waals surface area contributed by atoms with Crippen molar-refractivity contribution < 1.29 is 14.7 Å². The standard InChI is InChI=1S/C9H5BrN2O3/c10-8-5-3-1-2-4(6(5)11-12-8)7(13)9(14)15/h1-3H,(H,11,12)(H,14,15). The van der Waals surface area contributed by atoms with E-state index in [-0.39, 0.29) is 5.56 Å². The summed E-state index contributed by atoms with van der Waals surface area (Å²) in [5.41, 5.74) is 0.443. The maximum Gasteiger partial charge on any atom is 0.377 e. The number of nitrogens with one attached hydrogen (secondary N) is 1. The number of hydrogen-bond acceptors (Lipinski definition) is 3. The molecule has 0 amide bonds. The summed E-state index contributed by atoms with van der Waals surface area (Å²) in [4.78, 5) is 21.8. The predicted molar refractivity (Wildman–Crippen MR) is 55.8 cm³/mol. The summed E-state index contributed by atoms with van der Waals surface area (Å²) in [6, 6.07) is 4.78. The maximum atomic E-state index is 11.3. The van der Waals surface area contributed by atoms with Crippen molar-refractivity contribution in [2.45, 2.75) is 0 Å². The molecule has 76 valence electrons. The first kappa shape index (κ1) is 9.85. The first-order valence-electron chi connectivity index (χ1n) is 4.01. The first-order valence-corrected chi connectivity index (χ1v) is 4.81. The number of rotatable bonds is 2. The Balaban J connectivity index is 2.71. The molecule has 0 aliphatic heterocycles. The van der Waals surface area contributed by atoms with Gasteiger partial charge < -0.3 is 5.11 Å². The van der Waals surface area contributed by atoms with Crippen molar-refractivity contribution in [1.82, 2.24) is 10.2 Å². The van der Waals surface area contributed by atoms with Crippen LogP contribution in [-0.2, 0) is 4.79 Å². The number of fused-ring (bicyclic) bond motifs is 1. The van der Waals surface area contributed by atoms with Crippen LogP contribution in [0.25, 0.3) is 10.9 Å². The van der Waals surface area contributed by atoms with E-state index in [0.29, 0.717) is 15.5 Å². The predicted octanol–water partition coefficient (Wildman–Crippen LogP) is 1.59. The fraction of sp³-hybridized carbons (Fsp3) is 0. The summed E-state index contributed by atoms with van der Waals surface area (Å²) in [6.07, 6.45) is 0. The van der Waals surface area contributed by atoms with E-state index >= 15 is 0 Å². The number of H-pyrrole nitrogens is 1. The summed E-state index contributed by atoms with van der Waals surface area (Å²) in [7, 11) is 0. The number of carbonyl (C=O) groups excluding carboxylic acids is 1. The number of aliphatic carboxylic acids is 1. The Labute approximate surface area is 92.2 Å². The normalized spacial score (nSPS) is 10.5. The summed E-state index contributed by atoms with van der Waals surface area (Å²) in [5, 5.41) is 15.8. The second-order valence-corrected chi connectivity index (χ2v) is 3.67. The summed E-state index contributed by atoms with van der Waals surface area (Å²) in [6.45, 7) is 0. The Morgan fingerprint density at radius 1 is 1.40 bits per heavy atom. The van der Waals surface area contributed by atoms with Crippen LogP contribution in [0.1, 0.15) is 10.4 Å². The van der Waals surface area contributed by atoms with Gasteiger partial charge in [0.2, 0.25) is 0 Å². The molecule has 0 saturated heterocycles. The van der Waals surface area contributed by atoms with Crippen LogP contribution < -0.4 is 0 Å². The van der Waals surface area contributed by atoms with Crippen molar-refractivity contribution in [3.63, 3.8) is 0 Å². The molecule has 0 bridgehead atoms. The van der Waals surface area contributed by atoms with Crippen LogP contribution in [0.3, 0.4) is 0 Å². The molecule has 0 saturated carbocycles. The van der Waals surface area contributed by atoms with Gasteiger partial charge in [0.1, 0.15) is 10.1 Å². The van der Waals surface area contributed by atoms with Crippen LogP contribution in [-0.4, -0.2) is 27.1 Å². The third kappa shape index (κ3) is 1.52. The second-order valence-electron chi connectivity index (χ2n) is 2.87. The molecule has 2 aromatic rings. The number of carboxylic acids is 1. The third-order valence-corrected chi connectivity index (χ3v) is 2.58. The number of carbonyl (C=O) groups is 2. The molecule has 0 aliphatic carbocycles. The van der Waals surface area contributed by atoms with E-state index < -0.39 is 11.8 Å². The molecular formula is C9H5BrN2O3. The van der Waals surface area contributed by atoms with Crippen LogP contribution in [0, 0.1) is 0 Å². The van der Waals surface area contributed by atoms with Gasteiger partial charge in [-0.05, 0) is 28.1 Å². The van der Waals surface area contributed by atoms with Gasteiger partial charge in [-0.3, -0.25) is 9.89 Å². The van der Waals surface area contributed by atoms with E-state index in [2.05, 4.69) is 26.1 Å². The Morgan fingerprint density at radius 2 is 2.13 bits per heavy atom. The molecule has 1 aromatic carbocycles. The molecule has 1 aromatic heterocycles. The number of benzene rings is 1. The van der Waals surface area contributed by atoms with E-state index in [0.717, 1.165) is 0 Å². The molecule has 0 spiro atoms. The number of carboxylic acid groups (broad SMARTS) is 1. The molecule has 5 nitrogen and oxygen atoms in total. The number of aromatic amines is 1. The largest absolute Gasteiger partial charge is 0.475 e. The number of aromatic nitrogens is 2. The molecule has 15 heavy (non-hydrogen) atoms. The lowest BCUT2D eigenvalue weighted by atomic mass is 10.1. The van der Waals surface area contributed by atoms with Crippen molar-refractivity contribution in [3.8, 4) is 0 Å². The van der Waals surface area contributed by atoms with Gasteiger partial charge >= 0.3 is 5.97 Å². The lowest BCUT2D eigenvalue weighted by molar-refractivity contribution is -0.131. The van der Waals surface area contributed by atoms with Gasteiger partial charge in [-0.2, -0.15) is 5.10 Å². The highest BCUT2D eigenvalue weighted by Crippen LogP contribution is 2.23. The zero-order valence-electron chi connectivity index (χ0n) is 7.32. The van der Waals surface area contributed by atoms with Gasteiger partial charge in [-0.15, -0.1) is 0 Å². The minimum atomic E-state index is -1.48. The molecule has 6 heteroatoms. The number of nitrogens with zero attached hydrogens (tertiary/aromatic N) is 1. The zero-order chi connectivity index (χ0) is 11.0. The maximum absolute atomic E-state index is 11.3. The number of para-hydroxylation sites is 1. The minimum Gasteiger partial charge on any atom is -0.475 e. The van der Waals surface area contributed by atoms with Crippen LogP contribution >= 0.6 is 15.9 Å². The molecule has 0 atom stereocenters. The van der Waals surface area contributed by atoms with Crippen molar-refractivity contribution in [2.75, 3.05) is 0 Å². The van der Waals surface area contributed by atoms with Crippen LogP contribution in [0.5, 0.6) is 0 Å². The first-order chi connectivity index (χ1) is 7.11. The fourth-order valence-electron chi connectivity index (χ4n) is 1.30. The van der Waals surface area contributed by atoms with Crippen LogP contribution in [0.15, 0.2) is 22.8 Å². The third-order valence-electron chi connectivity index (χ3n) is 1.98. The molecule has 2 N–H and O–H groups in total. The van der Waals surface area contributed by atoms with Crippen molar-refractivity contribution in [1.29, 1.82) is 0 Å². The van der Waals surface area contributed by atoms with Gasteiger partial charge in [-0.1, -0.05) is 6.07 Å². The molecule has 0 unspecified atom stereocenters. The lowest BCUT2D eigenvalue weighted by Crippen LogP contribution is -2.13. The molecule has 1 heterocycles. The molecule has 2 rings (SSSR count). The second kappa shape index (κ2) is 3.47. The van der Waals surface area contributed by atoms with Crippen LogP contribution in [0.4, 0.5) is 0 Å². The van der Waals surface area contributed by atoms with E-state index in [4.69, 9.17) is 5.11 Å². The number of Topliss-reactive ketones (excluding diaryl/α,β-unsaturated/α-hetero) is 1. The molecule has 0 radical (unpaired) electrons. The van der Waals surface area contributed by atoms with Crippen molar-refractivity contribution >= 4 is 38.6 Å².